The van der Waals surface area contributed by atoms with Gasteiger partial charge in [-0.3, -0.25) is 19.5 Å². The molecule has 2 heterocycles. The summed E-state index contributed by atoms with van der Waals surface area (Å²) in [6.45, 7) is 0. The first-order valence-corrected chi connectivity index (χ1v) is 10.6. The summed E-state index contributed by atoms with van der Waals surface area (Å²) in [4.78, 5) is 31.7. The highest BCUT2D eigenvalue weighted by atomic mass is 19.1. The molecule has 6 heteroatoms. The highest BCUT2D eigenvalue weighted by Gasteiger charge is 2.47. The molecular formula is C26H21FN2O3. The summed E-state index contributed by atoms with van der Waals surface area (Å²) < 4.78 is 14.0. The quantitative estimate of drug-likeness (QED) is 0.372. The molecule has 1 amide bonds. The van der Waals surface area contributed by atoms with E-state index in [0.717, 1.165) is 31.2 Å². The lowest BCUT2D eigenvalue weighted by Crippen LogP contribution is -2.29. The van der Waals surface area contributed by atoms with Crippen molar-refractivity contribution in [2.75, 3.05) is 4.90 Å². The van der Waals surface area contributed by atoms with Crippen LogP contribution in [0.5, 0.6) is 0 Å². The average Bonchev–Trinajstić information content (AvgIpc) is 3.09. The van der Waals surface area contributed by atoms with Gasteiger partial charge in [0.1, 0.15) is 17.6 Å². The number of aromatic nitrogens is 1. The van der Waals surface area contributed by atoms with Gasteiger partial charge in [0.25, 0.3) is 11.7 Å². The fraction of sp³-hybridized carbons (Fsp3) is 0.192. The molecule has 0 spiro atoms. The van der Waals surface area contributed by atoms with Crippen molar-refractivity contribution in [3.05, 3.63) is 101 Å². The number of anilines is 1. The predicted octanol–water partition coefficient (Wildman–Crippen LogP) is 4.73. The predicted molar refractivity (Wildman–Crippen MR) is 119 cm³/mol. The van der Waals surface area contributed by atoms with E-state index in [1.807, 2.05) is 12.1 Å². The van der Waals surface area contributed by atoms with Gasteiger partial charge in [0.2, 0.25) is 0 Å². The van der Waals surface area contributed by atoms with Gasteiger partial charge < -0.3 is 5.11 Å². The maximum Gasteiger partial charge on any atom is 0.300 e. The maximum atomic E-state index is 14.0. The van der Waals surface area contributed by atoms with E-state index in [1.165, 1.54) is 28.7 Å². The summed E-state index contributed by atoms with van der Waals surface area (Å²) in [6, 6.07) is 15.3. The number of nitrogens with zero attached hydrogens (tertiary/aromatic N) is 2. The van der Waals surface area contributed by atoms with Crippen molar-refractivity contribution >= 4 is 23.1 Å². The summed E-state index contributed by atoms with van der Waals surface area (Å²) >= 11 is 0. The van der Waals surface area contributed by atoms with E-state index in [0.29, 0.717) is 11.3 Å². The zero-order valence-electron chi connectivity index (χ0n) is 17.3. The van der Waals surface area contributed by atoms with E-state index in [9.17, 15) is 19.1 Å². The molecule has 1 fully saturated rings. The van der Waals surface area contributed by atoms with E-state index in [4.69, 9.17) is 0 Å². The summed E-state index contributed by atoms with van der Waals surface area (Å²) in [6.07, 6.45) is 5.68. The molecule has 1 aliphatic heterocycles. The number of amides is 1. The van der Waals surface area contributed by atoms with Crippen LogP contribution in [-0.4, -0.2) is 21.8 Å². The van der Waals surface area contributed by atoms with Crippen molar-refractivity contribution in [3.63, 3.8) is 0 Å². The molecule has 1 unspecified atom stereocenters. The Labute approximate surface area is 184 Å². The summed E-state index contributed by atoms with van der Waals surface area (Å²) in [5, 5.41) is 11.2. The Balaban J connectivity index is 1.69. The molecule has 0 saturated carbocycles. The molecule has 2 aromatic carbocycles. The Morgan fingerprint density at radius 3 is 2.53 bits per heavy atom. The van der Waals surface area contributed by atoms with E-state index in [1.54, 1.807) is 36.5 Å². The molecule has 5 rings (SSSR count). The van der Waals surface area contributed by atoms with Gasteiger partial charge in [-0.15, -0.1) is 0 Å². The van der Waals surface area contributed by atoms with Gasteiger partial charge in [-0.2, -0.15) is 0 Å². The number of pyridine rings is 1. The molecular weight excluding hydrogens is 407 g/mol. The van der Waals surface area contributed by atoms with Crippen LogP contribution in [0.15, 0.2) is 72.4 Å². The Hall–Kier alpha value is -3.80. The van der Waals surface area contributed by atoms with Crippen molar-refractivity contribution < 1.29 is 19.1 Å². The minimum Gasteiger partial charge on any atom is -0.507 e. The number of aryl methyl sites for hydroxylation is 2. The van der Waals surface area contributed by atoms with Crippen molar-refractivity contribution in [2.24, 2.45) is 0 Å². The standard InChI is InChI=1S/C26H21FN2O3/c27-19-8-5-9-20(15-19)29-23(21-10-3-4-13-28-21)22(25(31)26(29)32)24(30)18-12-11-16-6-1-2-7-17(16)14-18/h3-5,8-15,23,30H,1-2,6-7H2/b24-22-. The van der Waals surface area contributed by atoms with Crippen LogP contribution in [0.2, 0.25) is 0 Å². The highest BCUT2D eigenvalue weighted by molar-refractivity contribution is 6.51. The minimum atomic E-state index is -0.964. The zero-order chi connectivity index (χ0) is 22.2. The molecule has 1 aliphatic carbocycles. The van der Waals surface area contributed by atoms with Crippen molar-refractivity contribution in [1.82, 2.24) is 4.98 Å². The molecule has 5 nitrogen and oxygen atoms in total. The van der Waals surface area contributed by atoms with E-state index in [-0.39, 0.29) is 17.0 Å². The van der Waals surface area contributed by atoms with Gasteiger partial charge in [-0.1, -0.05) is 24.3 Å². The molecule has 1 saturated heterocycles. The second-order valence-electron chi connectivity index (χ2n) is 8.09. The number of fused-ring (bicyclic) bond motifs is 1. The SMILES string of the molecule is O=C1C(=O)N(c2cccc(F)c2)C(c2ccccn2)/C1=C(/O)c1ccc2c(c1)CCCC2. The fourth-order valence-corrected chi connectivity index (χ4v) is 4.58. The Morgan fingerprint density at radius 2 is 1.78 bits per heavy atom. The van der Waals surface area contributed by atoms with Crippen LogP contribution >= 0.6 is 0 Å². The summed E-state index contributed by atoms with van der Waals surface area (Å²) in [7, 11) is 0. The van der Waals surface area contributed by atoms with Gasteiger partial charge in [0.15, 0.2) is 0 Å². The number of hydrogen-bond donors (Lipinski definition) is 1. The molecule has 160 valence electrons. The number of aliphatic hydroxyl groups is 1. The molecule has 1 atom stereocenters. The van der Waals surface area contributed by atoms with Crippen molar-refractivity contribution in [3.8, 4) is 0 Å². The highest BCUT2D eigenvalue weighted by Crippen LogP contribution is 2.41. The van der Waals surface area contributed by atoms with Crippen LogP contribution in [0.25, 0.3) is 5.76 Å². The number of benzene rings is 2. The van der Waals surface area contributed by atoms with Crippen LogP contribution in [-0.2, 0) is 22.4 Å². The fourth-order valence-electron chi connectivity index (χ4n) is 4.58. The molecule has 1 N–H and O–H groups in total. The maximum absolute atomic E-state index is 14.0. The Morgan fingerprint density at radius 1 is 0.969 bits per heavy atom. The third kappa shape index (κ3) is 3.38. The van der Waals surface area contributed by atoms with Crippen molar-refractivity contribution in [1.29, 1.82) is 0 Å². The average molecular weight is 428 g/mol. The molecule has 2 aliphatic rings. The number of halogens is 1. The smallest absolute Gasteiger partial charge is 0.300 e. The first-order chi connectivity index (χ1) is 15.5. The van der Waals surface area contributed by atoms with Crippen LogP contribution in [0.3, 0.4) is 0 Å². The third-order valence-corrected chi connectivity index (χ3v) is 6.12. The minimum absolute atomic E-state index is 0.0475. The molecule has 3 aromatic rings. The van der Waals surface area contributed by atoms with Gasteiger partial charge >= 0.3 is 0 Å². The second-order valence-corrected chi connectivity index (χ2v) is 8.09. The number of carbonyl (C=O) groups is 2. The first kappa shape index (κ1) is 20.1. The van der Waals surface area contributed by atoms with Gasteiger partial charge in [-0.25, -0.2) is 4.39 Å². The lowest BCUT2D eigenvalue weighted by Gasteiger charge is -2.24. The normalized spacial score (nSPS) is 19.8. The molecule has 0 radical (unpaired) electrons. The van der Waals surface area contributed by atoms with Crippen LogP contribution in [0, 0.1) is 5.82 Å². The number of rotatable bonds is 3. The van der Waals surface area contributed by atoms with Gasteiger partial charge in [0.05, 0.1) is 11.3 Å². The summed E-state index contributed by atoms with van der Waals surface area (Å²) in [5.41, 5.74) is 3.48. The number of hydrogen-bond acceptors (Lipinski definition) is 4. The Kier molecular flexibility index (Phi) is 5.05. The van der Waals surface area contributed by atoms with E-state index in [2.05, 4.69) is 4.98 Å². The van der Waals surface area contributed by atoms with E-state index >= 15 is 0 Å². The molecule has 0 bridgehead atoms. The molecule has 1 aromatic heterocycles. The zero-order valence-corrected chi connectivity index (χ0v) is 17.3. The lowest BCUT2D eigenvalue weighted by atomic mass is 9.89. The van der Waals surface area contributed by atoms with Gasteiger partial charge in [-0.05, 0) is 73.2 Å². The van der Waals surface area contributed by atoms with Gasteiger partial charge in [0, 0.05) is 17.4 Å². The number of ketones is 1. The lowest BCUT2D eigenvalue weighted by molar-refractivity contribution is -0.132. The van der Waals surface area contributed by atoms with Crippen LogP contribution in [0.1, 0.15) is 41.3 Å². The monoisotopic (exact) mass is 428 g/mol. The number of Topliss-reactive ketones (excluding diaryl/α,β-unsaturated/α-hetero) is 1. The number of carbonyl (C=O) groups excluding carboxylic acids is 2. The first-order valence-electron chi connectivity index (χ1n) is 10.6. The summed E-state index contributed by atoms with van der Waals surface area (Å²) in [5.74, 6) is -2.42. The van der Waals surface area contributed by atoms with Crippen LogP contribution in [0.4, 0.5) is 10.1 Å². The van der Waals surface area contributed by atoms with Crippen LogP contribution < -0.4 is 4.90 Å². The van der Waals surface area contributed by atoms with E-state index < -0.39 is 23.5 Å². The number of aliphatic hydroxyl groups excluding tert-OH is 1. The largest absolute Gasteiger partial charge is 0.507 e. The Bertz CT molecular complexity index is 1250. The second kappa shape index (κ2) is 8.04. The topological polar surface area (TPSA) is 70.5 Å². The molecule has 32 heavy (non-hydrogen) atoms. The van der Waals surface area contributed by atoms with Crippen molar-refractivity contribution in [2.45, 2.75) is 31.7 Å². The third-order valence-electron chi connectivity index (χ3n) is 6.12.